The summed E-state index contributed by atoms with van der Waals surface area (Å²) in [4.78, 5) is 11.2. The molecule has 1 saturated heterocycles. The molecule has 3 heterocycles. The summed E-state index contributed by atoms with van der Waals surface area (Å²) in [5, 5.41) is 0.452. The van der Waals surface area contributed by atoms with Gasteiger partial charge in [-0.05, 0) is 37.0 Å². The van der Waals surface area contributed by atoms with Crippen LogP contribution in [0.15, 0.2) is 30.3 Å². The van der Waals surface area contributed by atoms with E-state index in [0.29, 0.717) is 42.2 Å². The minimum Gasteiger partial charge on any atom is -0.374 e. The van der Waals surface area contributed by atoms with Crippen molar-refractivity contribution in [2.75, 3.05) is 18.1 Å². The Morgan fingerprint density at radius 1 is 1.10 bits per heavy atom. The van der Waals surface area contributed by atoms with Crippen molar-refractivity contribution < 1.29 is 17.9 Å². The third kappa shape index (κ3) is 3.85. The summed E-state index contributed by atoms with van der Waals surface area (Å²) < 4.78 is 46.7. The second-order valence-corrected chi connectivity index (χ2v) is 8.64. The van der Waals surface area contributed by atoms with E-state index in [2.05, 4.69) is 9.88 Å². The standard InChI is InChI=1S/C21H19Cl2F3N4O/c22-17-10-14-18(19(23)28-17)30(11-12-4-6-13(7-5-12)21(24,25)26)20(27-14)29-8-9-31-16-3-1-2-15(16)29/h4-7,10,15-16H,1-3,8-9,11H2/t15-,16-/m1/s1. The number of rotatable bonds is 3. The number of halogens is 5. The molecule has 1 aliphatic carbocycles. The monoisotopic (exact) mass is 470 g/mol. The maximum Gasteiger partial charge on any atom is 0.416 e. The predicted octanol–water partition coefficient (Wildman–Crippen LogP) is 5.56. The Morgan fingerprint density at radius 2 is 1.87 bits per heavy atom. The zero-order valence-electron chi connectivity index (χ0n) is 16.4. The largest absolute Gasteiger partial charge is 0.416 e. The van der Waals surface area contributed by atoms with Crippen LogP contribution in [0.3, 0.4) is 0 Å². The minimum absolute atomic E-state index is 0.158. The number of nitrogens with zero attached hydrogens (tertiary/aromatic N) is 4. The van der Waals surface area contributed by atoms with E-state index in [1.165, 1.54) is 12.1 Å². The molecule has 0 bridgehead atoms. The zero-order valence-corrected chi connectivity index (χ0v) is 17.9. The average Bonchev–Trinajstić information content (AvgIpc) is 3.32. The first-order chi connectivity index (χ1) is 14.8. The molecule has 31 heavy (non-hydrogen) atoms. The Bertz CT molecular complexity index is 1120. The molecule has 0 radical (unpaired) electrons. The van der Waals surface area contributed by atoms with Crippen molar-refractivity contribution in [1.82, 2.24) is 14.5 Å². The van der Waals surface area contributed by atoms with E-state index in [4.69, 9.17) is 32.9 Å². The van der Waals surface area contributed by atoms with Gasteiger partial charge >= 0.3 is 6.18 Å². The first-order valence-electron chi connectivity index (χ1n) is 10.1. The summed E-state index contributed by atoms with van der Waals surface area (Å²) in [6.45, 7) is 1.58. The van der Waals surface area contributed by atoms with Gasteiger partial charge in [-0.2, -0.15) is 13.2 Å². The molecule has 2 fully saturated rings. The van der Waals surface area contributed by atoms with Crippen LogP contribution in [-0.2, 0) is 17.5 Å². The van der Waals surface area contributed by atoms with Crippen LogP contribution < -0.4 is 4.90 Å². The van der Waals surface area contributed by atoms with Crippen LogP contribution in [0.2, 0.25) is 10.3 Å². The Morgan fingerprint density at radius 3 is 2.61 bits per heavy atom. The molecule has 2 aliphatic rings. The van der Waals surface area contributed by atoms with Crippen LogP contribution in [0.25, 0.3) is 11.0 Å². The van der Waals surface area contributed by atoms with Gasteiger partial charge in [0.05, 0.1) is 36.4 Å². The maximum absolute atomic E-state index is 13.0. The Balaban J connectivity index is 1.59. The van der Waals surface area contributed by atoms with E-state index < -0.39 is 11.7 Å². The molecule has 0 spiro atoms. The molecular weight excluding hydrogens is 452 g/mol. The number of benzene rings is 1. The topological polar surface area (TPSA) is 43.2 Å². The molecule has 3 aromatic rings. The van der Waals surface area contributed by atoms with Gasteiger partial charge in [0.15, 0.2) is 5.15 Å². The van der Waals surface area contributed by atoms with Crippen molar-refractivity contribution in [3.63, 3.8) is 0 Å². The molecule has 1 aliphatic heterocycles. The van der Waals surface area contributed by atoms with Crippen molar-refractivity contribution in [3.05, 3.63) is 51.8 Å². The number of morpholine rings is 1. The van der Waals surface area contributed by atoms with Gasteiger partial charge < -0.3 is 14.2 Å². The Hall–Kier alpha value is -2.03. The second-order valence-electron chi connectivity index (χ2n) is 7.90. The van der Waals surface area contributed by atoms with Gasteiger partial charge in [0.2, 0.25) is 5.95 Å². The lowest BCUT2D eigenvalue weighted by molar-refractivity contribution is -0.137. The van der Waals surface area contributed by atoms with Crippen LogP contribution in [0.5, 0.6) is 0 Å². The molecule has 2 aromatic heterocycles. The lowest BCUT2D eigenvalue weighted by Crippen LogP contribution is -2.49. The molecular formula is C21H19Cl2F3N4O. The normalized spacial score (nSPS) is 21.6. The maximum atomic E-state index is 13.0. The summed E-state index contributed by atoms with van der Waals surface area (Å²) in [5.41, 5.74) is 1.24. The number of imidazole rings is 1. The number of hydrogen-bond acceptors (Lipinski definition) is 4. The molecule has 10 heteroatoms. The first-order valence-corrected chi connectivity index (χ1v) is 10.8. The number of anilines is 1. The van der Waals surface area contributed by atoms with Crippen LogP contribution in [0.1, 0.15) is 30.4 Å². The van der Waals surface area contributed by atoms with E-state index in [-0.39, 0.29) is 22.5 Å². The van der Waals surface area contributed by atoms with E-state index >= 15 is 0 Å². The number of fused-ring (bicyclic) bond motifs is 2. The summed E-state index contributed by atoms with van der Waals surface area (Å²) in [6.07, 6.45) is -1.12. The quantitative estimate of drug-likeness (QED) is 0.469. The van der Waals surface area contributed by atoms with Crippen molar-refractivity contribution in [2.45, 2.75) is 44.1 Å². The van der Waals surface area contributed by atoms with Gasteiger partial charge in [0.25, 0.3) is 0 Å². The van der Waals surface area contributed by atoms with Gasteiger partial charge in [-0.1, -0.05) is 35.3 Å². The lowest BCUT2D eigenvalue weighted by Gasteiger charge is -2.38. The van der Waals surface area contributed by atoms with E-state index in [0.717, 1.165) is 31.4 Å². The average molecular weight is 471 g/mol. The first kappa shape index (κ1) is 20.8. The number of pyridine rings is 1. The number of hydrogen-bond donors (Lipinski definition) is 0. The SMILES string of the molecule is FC(F)(F)c1ccc(Cn2c(N3CCO[C@@H]4CCC[C@H]43)nc3cc(Cl)nc(Cl)c32)cc1. The smallest absolute Gasteiger partial charge is 0.374 e. The molecule has 0 amide bonds. The fraction of sp³-hybridized carbons (Fsp3) is 0.429. The summed E-state index contributed by atoms with van der Waals surface area (Å²) in [6, 6.07) is 7.00. The van der Waals surface area contributed by atoms with Gasteiger partial charge in [0, 0.05) is 12.6 Å². The lowest BCUT2D eigenvalue weighted by atomic mass is 10.1. The fourth-order valence-corrected chi connectivity index (χ4v) is 5.11. The van der Waals surface area contributed by atoms with E-state index in [1.807, 2.05) is 4.57 Å². The highest BCUT2D eigenvalue weighted by Gasteiger charge is 2.38. The van der Waals surface area contributed by atoms with Crippen LogP contribution in [0, 0.1) is 0 Å². The third-order valence-corrected chi connectivity index (χ3v) is 6.45. The summed E-state index contributed by atoms with van der Waals surface area (Å²) in [5.74, 6) is 0.709. The highest BCUT2D eigenvalue weighted by atomic mass is 35.5. The van der Waals surface area contributed by atoms with Crippen molar-refractivity contribution in [1.29, 1.82) is 0 Å². The molecule has 164 valence electrons. The minimum atomic E-state index is -4.37. The molecule has 1 aromatic carbocycles. The molecule has 0 N–H and O–H groups in total. The highest BCUT2D eigenvalue weighted by molar-refractivity contribution is 6.36. The molecule has 1 saturated carbocycles. The Labute approximate surface area is 186 Å². The second kappa shape index (κ2) is 7.83. The number of aromatic nitrogens is 3. The van der Waals surface area contributed by atoms with Gasteiger partial charge in [-0.3, -0.25) is 0 Å². The van der Waals surface area contributed by atoms with Crippen molar-refractivity contribution >= 4 is 40.2 Å². The van der Waals surface area contributed by atoms with Crippen LogP contribution in [0.4, 0.5) is 19.1 Å². The molecule has 2 atom stereocenters. The van der Waals surface area contributed by atoms with Gasteiger partial charge in [-0.15, -0.1) is 0 Å². The fourth-order valence-electron chi connectivity index (χ4n) is 4.59. The molecule has 0 unspecified atom stereocenters. The highest BCUT2D eigenvalue weighted by Crippen LogP contribution is 2.37. The van der Waals surface area contributed by atoms with Crippen LogP contribution in [-0.4, -0.2) is 39.8 Å². The van der Waals surface area contributed by atoms with Crippen molar-refractivity contribution in [3.8, 4) is 0 Å². The van der Waals surface area contributed by atoms with Gasteiger partial charge in [0.1, 0.15) is 10.7 Å². The Kier molecular flexibility index (Phi) is 5.27. The molecule has 5 nitrogen and oxygen atoms in total. The van der Waals surface area contributed by atoms with Crippen LogP contribution >= 0.6 is 23.2 Å². The summed E-state index contributed by atoms with van der Waals surface area (Å²) in [7, 11) is 0. The zero-order chi connectivity index (χ0) is 21.8. The number of alkyl halides is 3. The van der Waals surface area contributed by atoms with E-state index in [9.17, 15) is 13.2 Å². The molecule has 5 rings (SSSR count). The van der Waals surface area contributed by atoms with Crippen molar-refractivity contribution in [2.24, 2.45) is 0 Å². The van der Waals surface area contributed by atoms with E-state index in [1.54, 1.807) is 6.07 Å². The summed E-state index contributed by atoms with van der Waals surface area (Å²) >= 11 is 12.5. The predicted molar refractivity (Wildman–Crippen MR) is 113 cm³/mol. The number of ether oxygens (including phenoxy) is 1. The third-order valence-electron chi connectivity index (χ3n) is 5.99. The van der Waals surface area contributed by atoms with Gasteiger partial charge in [-0.25, -0.2) is 9.97 Å².